The molecule has 0 nitrogen and oxygen atoms in total. The van der Waals surface area contributed by atoms with Gasteiger partial charge in [0, 0.05) is 0 Å². The molecule has 5 rings (SSSR count). The molecule has 39 heavy (non-hydrogen) atoms. The molecule has 0 unspecified atom stereocenters. The Morgan fingerprint density at radius 1 is 0.846 bits per heavy atom. The van der Waals surface area contributed by atoms with Crippen molar-refractivity contribution in [3.8, 4) is 11.1 Å². The molecule has 0 N–H and O–H groups in total. The van der Waals surface area contributed by atoms with E-state index in [1.54, 1.807) is 0 Å². The summed E-state index contributed by atoms with van der Waals surface area (Å²) < 4.78 is 2.21. The average molecular weight is 637 g/mol. The summed E-state index contributed by atoms with van der Waals surface area (Å²) in [5.41, 5.74) is 13.3. The second-order valence-corrected chi connectivity index (χ2v) is 12.7. The molecule has 0 amide bonds. The summed E-state index contributed by atoms with van der Waals surface area (Å²) in [7, 11) is 0. The molecule has 1 aliphatic carbocycles. The Morgan fingerprint density at radius 2 is 1.46 bits per heavy atom. The second-order valence-electron chi connectivity index (χ2n) is 12.0. The van der Waals surface area contributed by atoms with Gasteiger partial charge in [-0.15, -0.1) is 5.56 Å². The van der Waals surface area contributed by atoms with E-state index in [9.17, 15) is 0 Å². The van der Waals surface area contributed by atoms with Crippen LogP contribution in [0.1, 0.15) is 87.4 Å². The van der Waals surface area contributed by atoms with Crippen LogP contribution in [0.4, 0.5) is 0 Å². The molecule has 1 aliphatic rings. The summed E-state index contributed by atoms with van der Waals surface area (Å²) >= 11 is 1.46. The van der Waals surface area contributed by atoms with Crippen molar-refractivity contribution in [2.75, 3.05) is 0 Å². The molecule has 0 aromatic heterocycles. The first-order valence-electron chi connectivity index (χ1n) is 13.4. The third-order valence-corrected chi connectivity index (χ3v) is 7.69. The zero-order valence-corrected chi connectivity index (χ0v) is 28.7. The van der Waals surface area contributed by atoms with Gasteiger partial charge in [-0.25, -0.2) is 6.07 Å². The third-order valence-electron chi connectivity index (χ3n) is 6.87. The fraction of sp³-hybridized carbons (Fsp3) is 0.333. The van der Waals surface area contributed by atoms with Gasteiger partial charge in [0.05, 0.1) is 0 Å². The minimum Gasteiger partial charge on any atom is -1.00 e. The van der Waals surface area contributed by atoms with E-state index in [0.29, 0.717) is 5.41 Å². The summed E-state index contributed by atoms with van der Waals surface area (Å²) in [4.78, 5) is 0. The number of halogens is 2. The van der Waals surface area contributed by atoms with Crippen LogP contribution in [0.25, 0.3) is 11.1 Å². The van der Waals surface area contributed by atoms with E-state index < -0.39 is 0 Å². The van der Waals surface area contributed by atoms with Gasteiger partial charge in [0.2, 0.25) is 0 Å². The van der Waals surface area contributed by atoms with E-state index >= 15 is 0 Å². The zero-order chi connectivity index (χ0) is 27.2. The Bertz CT molecular complexity index is 1270. The van der Waals surface area contributed by atoms with Crippen LogP contribution in [-0.2, 0) is 47.9 Å². The Balaban J connectivity index is 0.000000286. The van der Waals surface area contributed by atoms with Crippen LogP contribution in [0.5, 0.6) is 0 Å². The second kappa shape index (κ2) is 15.4. The first-order chi connectivity index (χ1) is 17.4. The van der Waals surface area contributed by atoms with Crippen molar-refractivity contribution in [2.45, 2.75) is 79.1 Å². The Labute approximate surface area is 265 Å². The number of hydrogen-bond donors (Lipinski definition) is 0. The summed E-state index contributed by atoms with van der Waals surface area (Å²) in [5, 5.41) is 0. The molecular weight excluding hydrogens is 595 g/mol. The van der Waals surface area contributed by atoms with Gasteiger partial charge in [-0.3, -0.25) is 0 Å². The molecule has 0 radical (unpaired) electrons. The van der Waals surface area contributed by atoms with E-state index in [2.05, 4.69) is 138 Å². The molecule has 0 saturated heterocycles. The van der Waals surface area contributed by atoms with E-state index in [-0.39, 0.29) is 30.2 Å². The Hall–Kier alpha value is -1.66. The maximum atomic E-state index is 3.30. The molecule has 4 aromatic rings. The molecular formula is C36H42Cl2Zr-2. The minimum atomic E-state index is 0. The van der Waals surface area contributed by atoms with Crippen LogP contribution in [-0.4, -0.2) is 3.71 Å². The van der Waals surface area contributed by atoms with Crippen LogP contribution in [0, 0.1) is 13.0 Å². The predicted octanol–water partition coefficient (Wildman–Crippen LogP) is 3.32. The maximum Gasteiger partial charge on any atom is -0.0253 e. The fourth-order valence-corrected chi connectivity index (χ4v) is 5.26. The summed E-state index contributed by atoms with van der Waals surface area (Å²) in [5.74, 6) is 0. The fourth-order valence-electron chi connectivity index (χ4n) is 4.78. The van der Waals surface area contributed by atoms with Crippen molar-refractivity contribution >= 4 is 3.71 Å². The van der Waals surface area contributed by atoms with E-state index in [0.717, 1.165) is 12.8 Å². The number of rotatable bonds is 2. The molecule has 4 aromatic carbocycles. The molecule has 3 heteroatoms. The first-order valence-corrected chi connectivity index (χ1v) is 14.8. The van der Waals surface area contributed by atoms with Crippen LogP contribution >= 0.6 is 0 Å². The van der Waals surface area contributed by atoms with Crippen molar-refractivity contribution in [1.29, 1.82) is 0 Å². The van der Waals surface area contributed by atoms with Gasteiger partial charge in [0.1, 0.15) is 0 Å². The smallest absolute Gasteiger partial charge is 0.0253 e. The Kier molecular flexibility index (Phi) is 13.9. The van der Waals surface area contributed by atoms with Crippen molar-refractivity contribution < 1.29 is 49.0 Å². The number of benzene rings is 3. The number of aryl methyl sites for hydroxylation is 2. The van der Waals surface area contributed by atoms with Crippen LogP contribution < -0.4 is 24.8 Å². The quantitative estimate of drug-likeness (QED) is 0.261. The predicted molar refractivity (Wildman–Crippen MR) is 159 cm³/mol. The normalized spacial score (nSPS) is 11.3. The largest absolute Gasteiger partial charge is 1.00 e. The number of hydrogen-bond acceptors (Lipinski definition) is 0. The number of fused-ring (bicyclic) bond motifs is 3. The summed E-state index contributed by atoms with van der Waals surface area (Å²) in [6, 6.07) is 31.5. The summed E-state index contributed by atoms with van der Waals surface area (Å²) in [6.45, 7) is 18.0. The third kappa shape index (κ3) is 9.74. The standard InChI is InChI=1S/C13H9.C12H19.C11H14.2ClH.Zr/c1-3-7-12-10(5-1)9-11-6-2-4-8-13(11)12;1-6-10-7-9(2)8-11(10)12(3,4)5;1-9-5-7-10(8-6-9)11(2,3)4;;;/h1-5,7-8H,9H2;7-8H,6H2,1-5H3;1,5-8H,2-4H3;2*1H;/q2*-1;;;;+2/p-2. The van der Waals surface area contributed by atoms with Gasteiger partial charge in [0.25, 0.3) is 0 Å². The average Bonchev–Trinajstić information content (AvgIpc) is 3.44. The topological polar surface area (TPSA) is 0 Å². The van der Waals surface area contributed by atoms with Crippen molar-refractivity contribution in [2.24, 2.45) is 0 Å². The molecule has 206 valence electrons. The first kappa shape index (κ1) is 35.4. The molecule has 0 fully saturated rings. The van der Waals surface area contributed by atoms with Gasteiger partial charge >= 0.3 is 89.5 Å². The summed E-state index contributed by atoms with van der Waals surface area (Å²) in [6.07, 6.45) is 2.20. The Morgan fingerprint density at radius 3 is 2.00 bits per heavy atom. The van der Waals surface area contributed by atoms with Crippen LogP contribution in [0.3, 0.4) is 0 Å². The van der Waals surface area contributed by atoms with Crippen molar-refractivity contribution in [3.63, 3.8) is 0 Å². The molecule has 0 atom stereocenters. The monoisotopic (exact) mass is 634 g/mol. The SMILES string of the molecule is CC(C)(C)c1ccc([CH]=[Zr+2])cc1.CCc1[cH-]c(C)cc1C(C)(C)C.[Cl-].[Cl-].[c-]1cccc2c1Cc1ccccc1-2. The van der Waals surface area contributed by atoms with Gasteiger partial charge in [-0.05, 0) is 6.42 Å². The van der Waals surface area contributed by atoms with Crippen molar-refractivity contribution in [1.82, 2.24) is 0 Å². The van der Waals surface area contributed by atoms with Gasteiger partial charge in [0.15, 0.2) is 0 Å². The van der Waals surface area contributed by atoms with Gasteiger partial charge in [-0.1, -0.05) is 81.8 Å². The van der Waals surface area contributed by atoms with Crippen molar-refractivity contribution in [3.05, 3.63) is 124 Å². The molecule has 0 spiro atoms. The minimum absolute atomic E-state index is 0. The van der Waals surface area contributed by atoms with E-state index in [1.807, 2.05) is 6.07 Å². The maximum absolute atomic E-state index is 3.30. The van der Waals surface area contributed by atoms with Crippen LogP contribution in [0.15, 0.2) is 78.9 Å². The molecule has 0 heterocycles. The molecule has 0 saturated carbocycles. The van der Waals surface area contributed by atoms with E-state index in [1.165, 1.54) is 74.3 Å². The van der Waals surface area contributed by atoms with Gasteiger partial charge < -0.3 is 24.8 Å². The zero-order valence-electron chi connectivity index (χ0n) is 24.8. The van der Waals surface area contributed by atoms with Crippen LogP contribution in [0.2, 0.25) is 0 Å². The van der Waals surface area contributed by atoms with Gasteiger partial charge in [-0.2, -0.15) is 52.6 Å². The molecule has 0 aliphatic heterocycles. The van der Waals surface area contributed by atoms with E-state index in [4.69, 9.17) is 0 Å². The molecule has 0 bridgehead atoms.